The molecule has 0 radical (unpaired) electrons. The van der Waals surface area contributed by atoms with Gasteiger partial charge in [-0.1, -0.05) is 0 Å². The molecule has 6 aromatic carbocycles. The molecule has 0 amide bonds. The van der Waals surface area contributed by atoms with E-state index in [1.165, 1.54) is 31.8 Å². The van der Waals surface area contributed by atoms with Crippen LogP contribution in [0.2, 0.25) is 0 Å². The van der Waals surface area contributed by atoms with E-state index < -0.39 is 14.3 Å². The van der Waals surface area contributed by atoms with Crippen molar-refractivity contribution in [1.82, 2.24) is 0 Å². The molecule has 1 nitrogen and oxygen atoms in total. The van der Waals surface area contributed by atoms with E-state index in [4.69, 9.17) is 4.31 Å². The second kappa shape index (κ2) is 11.6. The van der Waals surface area contributed by atoms with Crippen molar-refractivity contribution >= 4 is 46.1 Å². The summed E-state index contributed by atoms with van der Waals surface area (Å²) >= 11 is 0. The zero-order valence-corrected chi connectivity index (χ0v) is 25.1. The molecular weight excluding hydrogens is 534 g/mol. The Kier molecular flexibility index (Phi) is 7.70. The van der Waals surface area contributed by atoms with Crippen molar-refractivity contribution in [3.8, 4) is 0 Å². The Bertz CT molecular complexity index is 1480. The van der Waals surface area contributed by atoms with Gasteiger partial charge in [-0.15, -0.1) is 0 Å². The van der Waals surface area contributed by atoms with Gasteiger partial charge in [-0.05, 0) is 0 Å². The fraction of sp³-hybridized carbons (Fsp3) is 0.0526. The predicted molar refractivity (Wildman–Crippen MR) is 182 cm³/mol. The molecule has 0 aromatic heterocycles. The topological polar surface area (TPSA) is 9.23 Å². The molecule has 6 rings (SSSR count). The maximum atomic E-state index is 8.52. The molecule has 3 heteroatoms. The average molecular weight is 570 g/mol. The van der Waals surface area contributed by atoms with E-state index in [-0.39, 0.29) is 0 Å². The molecule has 0 aliphatic heterocycles. The molecule has 0 N–H and O–H groups in total. The van der Waals surface area contributed by atoms with Crippen LogP contribution in [-0.4, -0.2) is 6.16 Å². The Hall–Kier alpha value is -3.86. The minimum atomic E-state index is -3.62. The van der Waals surface area contributed by atoms with E-state index in [0.29, 0.717) is 0 Å². The summed E-state index contributed by atoms with van der Waals surface area (Å²) in [5.74, 6) is 0. The van der Waals surface area contributed by atoms with Gasteiger partial charge in [0.1, 0.15) is 0 Å². The summed E-state index contributed by atoms with van der Waals surface area (Å²) in [5.41, 5.74) is 0. The minimum absolute atomic E-state index is 0.817. The fourth-order valence-electron chi connectivity index (χ4n) is 6.20. The number of hydrogen-bond donors (Lipinski definition) is 0. The molecule has 0 saturated carbocycles. The van der Waals surface area contributed by atoms with Crippen LogP contribution < -0.4 is 31.8 Å². The van der Waals surface area contributed by atoms with Crippen molar-refractivity contribution in [2.24, 2.45) is 0 Å². The van der Waals surface area contributed by atoms with Crippen LogP contribution in [0, 0.1) is 0 Å². The molecule has 0 saturated heterocycles. The van der Waals surface area contributed by atoms with Crippen LogP contribution in [0.4, 0.5) is 0 Å². The first-order chi connectivity index (χ1) is 20.2. The quantitative estimate of drug-likeness (QED) is 0.165. The molecule has 0 spiro atoms. The third-order valence-electron chi connectivity index (χ3n) is 8.17. The second-order valence-corrected chi connectivity index (χ2v) is 18.3. The third-order valence-corrected chi connectivity index (χ3v) is 19.0. The van der Waals surface area contributed by atoms with Crippen LogP contribution in [0.1, 0.15) is 6.92 Å². The van der Waals surface area contributed by atoms with Gasteiger partial charge in [0, 0.05) is 0 Å². The summed E-state index contributed by atoms with van der Waals surface area (Å²) < 4.78 is 8.52. The van der Waals surface area contributed by atoms with E-state index in [0.717, 1.165) is 6.16 Å². The molecule has 6 aromatic rings. The second-order valence-electron chi connectivity index (χ2n) is 10.2. The van der Waals surface area contributed by atoms with E-state index in [1.54, 1.807) is 0 Å². The van der Waals surface area contributed by atoms with Crippen molar-refractivity contribution in [3.63, 3.8) is 0 Å². The van der Waals surface area contributed by atoms with Crippen LogP contribution in [-0.2, 0) is 4.31 Å². The van der Waals surface area contributed by atoms with Crippen molar-refractivity contribution in [2.45, 2.75) is 6.92 Å². The van der Waals surface area contributed by atoms with E-state index >= 15 is 0 Å². The van der Waals surface area contributed by atoms with Gasteiger partial charge in [-0.3, -0.25) is 0 Å². The van der Waals surface area contributed by atoms with Gasteiger partial charge in [-0.25, -0.2) is 0 Å². The summed E-state index contributed by atoms with van der Waals surface area (Å²) in [6, 6.07) is 65.8. The monoisotopic (exact) mass is 569 g/mol. The number of rotatable bonds is 9. The van der Waals surface area contributed by atoms with E-state index in [1.807, 2.05) is 0 Å². The summed E-state index contributed by atoms with van der Waals surface area (Å²) in [6.45, 7) is -1.30. The molecule has 0 fully saturated rings. The molecule has 0 heterocycles. The first-order valence-corrected chi connectivity index (χ1v) is 18.2. The molecule has 0 unspecified atom stereocenters. The first-order valence-electron chi connectivity index (χ1n) is 14.2. The van der Waals surface area contributed by atoms with E-state index in [9.17, 15) is 0 Å². The van der Waals surface area contributed by atoms with Crippen molar-refractivity contribution in [2.75, 3.05) is 6.16 Å². The van der Waals surface area contributed by atoms with E-state index in [2.05, 4.69) is 189 Å². The van der Waals surface area contributed by atoms with Gasteiger partial charge >= 0.3 is 246 Å². The van der Waals surface area contributed by atoms with Crippen LogP contribution in [0.15, 0.2) is 182 Å². The Labute approximate surface area is 244 Å². The first kappa shape index (κ1) is 27.3. The van der Waals surface area contributed by atoms with Crippen LogP contribution in [0.5, 0.6) is 0 Å². The fourth-order valence-corrected chi connectivity index (χ4v) is 18.2. The molecule has 0 bridgehead atoms. The summed E-state index contributed by atoms with van der Waals surface area (Å²) in [6.07, 6.45) is 0.817. The van der Waals surface area contributed by atoms with Gasteiger partial charge in [0.25, 0.3) is 0 Å². The Morgan fingerprint density at radius 3 is 0.878 bits per heavy atom. The standard InChI is InChI=1S/C38H35OP2/c1-2-41(36-27-15-6-16-28-36,37-29-17-7-18-30-37,38-31-19-8-20-32-38)39-40(33-21-9-3-10-22-33,34-23-11-4-12-24-34)35-25-13-5-14-26-35/h3-32H,2H2,1H3/q+1. The Morgan fingerprint density at radius 1 is 0.390 bits per heavy atom. The van der Waals surface area contributed by atoms with Crippen LogP contribution in [0.25, 0.3) is 0 Å². The molecule has 0 atom stereocenters. The SMILES string of the molecule is CCP(O[P+](c1ccccc1)(c1ccccc1)c1ccccc1)(c1ccccc1)(c1ccccc1)c1ccccc1. The molecule has 202 valence electrons. The molecule has 0 aliphatic carbocycles. The molecule has 0 aliphatic rings. The normalized spacial score (nSPS) is 12.8. The van der Waals surface area contributed by atoms with Crippen molar-refractivity contribution in [3.05, 3.63) is 182 Å². The molecule has 41 heavy (non-hydrogen) atoms. The Balaban J connectivity index is 1.84. The van der Waals surface area contributed by atoms with Crippen LogP contribution in [0.3, 0.4) is 0 Å². The third kappa shape index (κ3) is 4.46. The van der Waals surface area contributed by atoms with Gasteiger partial charge in [0.05, 0.1) is 0 Å². The number of benzene rings is 6. The number of hydrogen-bond acceptors (Lipinski definition) is 1. The van der Waals surface area contributed by atoms with Gasteiger partial charge < -0.3 is 0 Å². The summed E-state index contributed by atoms with van der Waals surface area (Å²) in [7, 11) is -2.70. The predicted octanol–water partition coefficient (Wildman–Crippen LogP) is 7.38. The van der Waals surface area contributed by atoms with Crippen molar-refractivity contribution < 1.29 is 4.31 Å². The van der Waals surface area contributed by atoms with Gasteiger partial charge in [-0.2, -0.15) is 0 Å². The zero-order chi connectivity index (χ0) is 28.0. The summed E-state index contributed by atoms with van der Waals surface area (Å²) in [5, 5.41) is 7.36. The van der Waals surface area contributed by atoms with Crippen LogP contribution >= 0.6 is 14.3 Å². The zero-order valence-electron chi connectivity index (χ0n) is 23.3. The molecular formula is C38H35OP2+. The Morgan fingerprint density at radius 2 is 0.634 bits per heavy atom. The van der Waals surface area contributed by atoms with Crippen molar-refractivity contribution in [1.29, 1.82) is 0 Å². The maximum absolute atomic E-state index is 8.52. The van der Waals surface area contributed by atoms with Gasteiger partial charge in [0.2, 0.25) is 0 Å². The van der Waals surface area contributed by atoms with Gasteiger partial charge in [0.15, 0.2) is 0 Å². The average Bonchev–Trinajstić information content (AvgIpc) is 3.08. The summed E-state index contributed by atoms with van der Waals surface area (Å²) in [4.78, 5) is 0.